The predicted molar refractivity (Wildman–Crippen MR) is 136 cm³/mol. The molecule has 2 atom stereocenters. The number of β-amino-alcohol motifs (C(OH)–C–C–N with tert-alkyl or cyclic N) is 1. The molecule has 6 heteroatoms. The number of benzene rings is 2. The van der Waals surface area contributed by atoms with Crippen LogP contribution < -0.4 is 5.32 Å². The average Bonchev–Trinajstić information content (AvgIpc) is 3.21. The van der Waals surface area contributed by atoms with E-state index in [1.54, 1.807) is 26.0 Å². The second kappa shape index (κ2) is 12.6. The molecule has 0 saturated carbocycles. The van der Waals surface area contributed by atoms with Gasteiger partial charge in [0.1, 0.15) is 5.82 Å². The van der Waals surface area contributed by atoms with Crippen LogP contribution >= 0.6 is 0 Å². The van der Waals surface area contributed by atoms with Crippen molar-refractivity contribution in [2.45, 2.75) is 77.5 Å². The molecule has 0 fully saturated rings. The molecule has 2 aromatic carbocycles. The molecule has 1 aliphatic rings. The van der Waals surface area contributed by atoms with Crippen molar-refractivity contribution in [2.75, 3.05) is 19.8 Å². The molecule has 1 unspecified atom stereocenters. The van der Waals surface area contributed by atoms with Crippen LogP contribution in [0.5, 0.6) is 0 Å². The fraction of sp³-hybridized carbons (Fsp3) is 0.552. The SMILES string of the molecule is CCOC(=O)CCc1cccc(F)c1C(C)OC[C@H](O)CNC(C)(C)CC1Cc2ccccc2C1. The zero-order valence-electron chi connectivity index (χ0n) is 21.5. The van der Waals surface area contributed by atoms with E-state index in [9.17, 15) is 14.3 Å². The van der Waals surface area contributed by atoms with Crippen LogP contribution in [-0.4, -0.2) is 42.5 Å². The third-order valence-corrected chi connectivity index (χ3v) is 6.74. The van der Waals surface area contributed by atoms with Crippen LogP contribution in [0.3, 0.4) is 0 Å². The number of carbonyl (C=O) groups is 1. The number of ether oxygens (including phenoxy) is 2. The minimum atomic E-state index is -0.716. The van der Waals surface area contributed by atoms with Gasteiger partial charge in [0, 0.05) is 24.1 Å². The number of fused-ring (bicyclic) bond motifs is 1. The second-order valence-electron chi connectivity index (χ2n) is 10.3. The van der Waals surface area contributed by atoms with Gasteiger partial charge in [-0.25, -0.2) is 4.39 Å². The Hall–Kier alpha value is -2.28. The summed E-state index contributed by atoms with van der Waals surface area (Å²) in [6, 6.07) is 13.5. The highest BCUT2D eigenvalue weighted by molar-refractivity contribution is 5.69. The van der Waals surface area contributed by atoms with Crippen LogP contribution in [0, 0.1) is 11.7 Å². The van der Waals surface area contributed by atoms with Crippen molar-refractivity contribution in [3.8, 4) is 0 Å². The van der Waals surface area contributed by atoms with Gasteiger partial charge in [-0.1, -0.05) is 36.4 Å². The number of rotatable bonds is 13. The number of esters is 1. The summed E-state index contributed by atoms with van der Waals surface area (Å²) in [6.07, 6.45) is 2.52. The third-order valence-electron chi connectivity index (χ3n) is 6.74. The summed E-state index contributed by atoms with van der Waals surface area (Å²) in [5, 5.41) is 14.0. The van der Waals surface area contributed by atoms with Crippen LogP contribution in [0.25, 0.3) is 0 Å². The maximum absolute atomic E-state index is 14.6. The summed E-state index contributed by atoms with van der Waals surface area (Å²) in [6.45, 7) is 8.68. The number of hydrogen-bond donors (Lipinski definition) is 2. The quantitative estimate of drug-likeness (QED) is 0.394. The summed E-state index contributed by atoms with van der Waals surface area (Å²) in [4.78, 5) is 11.7. The van der Waals surface area contributed by atoms with E-state index in [1.807, 2.05) is 0 Å². The molecule has 35 heavy (non-hydrogen) atoms. The first-order valence-electron chi connectivity index (χ1n) is 12.7. The van der Waals surface area contributed by atoms with Crippen molar-refractivity contribution in [2.24, 2.45) is 5.92 Å². The molecule has 0 saturated heterocycles. The molecule has 0 amide bonds. The van der Waals surface area contributed by atoms with Crippen LogP contribution in [0.1, 0.15) is 68.9 Å². The van der Waals surface area contributed by atoms with Gasteiger partial charge in [0.25, 0.3) is 0 Å². The lowest BCUT2D eigenvalue weighted by atomic mass is 9.88. The molecule has 0 aliphatic heterocycles. The number of aliphatic hydroxyl groups excluding tert-OH is 1. The molecule has 0 heterocycles. The van der Waals surface area contributed by atoms with Gasteiger partial charge in [-0.15, -0.1) is 0 Å². The third kappa shape index (κ3) is 8.13. The van der Waals surface area contributed by atoms with Gasteiger partial charge in [0.2, 0.25) is 0 Å². The fourth-order valence-electron chi connectivity index (χ4n) is 5.10. The van der Waals surface area contributed by atoms with E-state index < -0.39 is 12.2 Å². The van der Waals surface area contributed by atoms with Gasteiger partial charge in [-0.2, -0.15) is 0 Å². The number of nitrogens with one attached hydrogen (secondary N) is 1. The number of hydrogen-bond acceptors (Lipinski definition) is 5. The molecule has 192 valence electrons. The highest BCUT2D eigenvalue weighted by Gasteiger charge is 2.28. The minimum Gasteiger partial charge on any atom is -0.466 e. The van der Waals surface area contributed by atoms with Crippen molar-refractivity contribution in [1.29, 1.82) is 0 Å². The van der Waals surface area contributed by atoms with Crippen LogP contribution in [0.15, 0.2) is 42.5 Å². The van der Waals surface area contributed by atoms with E-state index >= 15 is 0 Å². The maximum Gasteiger partial charge on any atom is 0.306 e. The summed E-state index contributed by atoms with van der Waals surface area (Å²) in [7, 11) is 0. The van der Waals surface area contributed by atoms with E-state index in [-0.39, 0.29) is 30.4 Å². The van der Waals surface area contributed by atoms with Gasteiger partial charge >= 0.3 is 5.97 Å². The van der Waals surface area contributed by atoms with Gasteiger partial charge in [0.05, 0.1) is 25.4 Å². The molecule has 3 rings (SSSR count). The van der Waals surface area contributed by atoms with Gasteiger partial charge in [-0.3, -0.25) is 4.79 Å². The highest BCUT2D eigenvalue weighted by atomic mass is 19.1. The Morgan fingerprint density at radius 1 is 1.17 bits per heavy atom. The van der Waals surface area contributed by atoms with Crippen molar-refractivity contribution in [3.05, 3.63) is 70.5 Å². The first-order chi connectivity index (χ1) is 16.7. The van der Waals surface area contributed by atoms with Crippen molar-refractivity contribution in [1.82, 2.24) is 5.32 Å². The fourth-order valence-corrected chi connectivity index (χ4v) is 5.10. The minimum absolute atomic E-state index is 0.0881. The van der Waals surface area contributed by atoms with E-state index in [0.29, 0.717) is 31.1 Å². The Morgan fingerprint density at radius 3 is 2.51 bits per heavy atom. The Balaban J connectivity index is 1.46. The number of carbonyl (C=O) groups excluding carboxylic acids is 1. The lowest BCUT2D eigenvalue weighted by Crippen LogP contribution is -2.45. The Bertz CT molecular complexity index is 952. The summed E-state index contributed by atoms with van der Waals surface area (Å²) in [5.74, 6) is -0.0792. The largest absolute Gasteiger partial charge is 0.466 e. The normalized spacial score (nSPS) is 15.6. The average molecular weight is 486 g/mol. The van der Waals surface area contributed by atoms with Gasteiger partial charge < -0.3 is 19.9 Å². The maximum atomic E-state index is 14.6. The standard InChI is InChI=1S/C29H40FNO4/c1-5-34-27(33)14-13-22-11-8-12-26(30)28(22)20(2)35-19-25(32)18-31-29(3,4)17-21-15-23-9-6-7-10-24(23)16-21/h6-12,20-21,25,31-32H,5,13-19H2,1-4H3/t20?,25-/m1/s1. The molecular formula is C29H40FNO4. The number of halogens is 1. The second-order valence-corrected chi connectivity index (χ2v) is 10.3. The van der Waals surface area contributed by atoms with Gasteiger partial charge in [0.15, 0.2) is 0 Å². The van der Waals surface area contributed by atoms with E-state index in [1.165, 1.54) is 17.2 Å². The highest BCUT2D eigenvalue weighted by Crippen LogP contribution is 2.32. The van der Waals surface area contributed by atoms with Crippen LogP contribution in [-0.2, 0) is 33.5 Å². The van der Waals surface area contributed by atoms with E-state index in [2.05, 4.69) is 43.4 Å². The topological polar surface area (TPSA) is 67.8 Å². The molecule has 2 N–H and O–H groups in total. The molecule has 0 spiro atoms. The zero-order chi connectivity index (χ0) is 25.4. The number of aliphatic hydroxyl groups is 1. The first kappa shape index (κ1) is 27.3. The summed E-state index contributed by atoms with van der Waals surface area (Å²) < 4.78 is 25.5. The molecule has 0 radical (unpaired) electrons. The van der Waals surface area contributed by atoms with Crippen LogP contribution in [0.2, 0.25) is 0 Å². The smallest absolute Gasteiger partial charge is 0.306 e. The first-order valence-corrected chi connectivity index (χ1v) is 12.7. The van der Waals surface area contributed by atoms with Crippen molar-refractivity contribution in [3.63, 3.8) is 0 Å². The van der Waals surface area contributed by atoms with Crippen molar-refractivity contribution < 1.29 is 23.8 Å². The van der Waals surface area contributed by atoms with Crippen molar-refractivity contribution >= 4 is 5.97 Å². The van der Waals surface area contributed by atoms with E-state index in [4.69, 9.17) is 9.47 Å². The molecular weight excluding hydrogens is 445 g/mol. The lowest BCUT2D eigenvalue weighted by molar-refractivity contribution is -0.143. The van der Waals surface area contributed by atoms with E-state index in [0.717, 1.165) is 24.8 Å². The van der Waals surface area contributed by atoms with Crippen LogP contribution in [0.4, 0.5) is 4.39 Å². The number of aryl methyl sites for hydroxylation is 1. The monoisotopic (exact) mass is 485 g/mol. The molecule has 5 nitrogen and oxygen atoms in total. The molecule has 0 aromatic heterocycles. The Morgan fingerprint density at radius 2 is 1.86 bits per heavy atom. The van der Waals surface area contributed by atoms with Gasteiger partial charge in [-0.05, 0) is 82.1 Å². The lowest BCUT2D eigenvalue weighted by Gasteiger charge is -2.31. The molecule has 0 bridgehead atoms. The summed E-state index contributed by atoms with van der Waals surface area (Å²) >= 11 is 0. The predicted octanol–water partition coefficient (Wildman–Crippen LogP) is 4.93. The Labute approximate surface area is 209 Å². The summed E-state index contributed by atoms with van der Waals surface area (Å²) in [5.41, 5.74) is 3.93. The zero-order valence-corrected chi connectivity index (χ0v) is 21.5. The molecule has 1 aliphatic carbocycles. The Kier molecular flexibility index (Phi) is 9.84. The molecule has 2 aromatic rings.